The number of hydrogen-bond acceptors (Lipinski definition) is 7. The van der Waals surface area contributed by atoms with Gasteiger partial charge in [-0.25, -0.2) is 19.2 Å². The van der Waals surface area contributed by atoms with Gasteiger partial charge in [-0.3, -0.25) is 0 Å². The quantitative estimate of drug-likeness (QED) is 0.262. The highest BCUT2D eigenvalue weighted by Gasteiger charge is 2.29. The zero-order valence-electron chi connectivity index (χ0n) is 24.0. The van der Waals surface area contributed by atoms with E-state index in [0.29, 0.717) is 11.5 Å². The minimum absolute atomic E-state index is 0.105. The van der Waals surface area contributed by atoms with E-state index < -0.39 is 18.0 Å². The Hall–Kier alpha value is -3.32. The van der Waals surface area contributed by atoms with Gasteiger partial charge in [-0.15, -0.1) is 0 Å². The SMILES string of the molecule is CCCc1cc(C(C)C[C@@H](C=C=O)CC(C)(C)C)cc2ncnc(Nc3ccc(F)cc3O[C@H]3COC[C@H]3O)c12. The number of carbonyl (C=O) groups excluding carboxylic acids is 1. The van der Waals surface area contributed by atoms with E-state index in [4.69, 9.17) is 9.47 Å². The highest BCUT2D eigenvalue weighted by Crippen LogP contribution is 2.37. The minimum atomic E-state index is -0.780. The summed E-state index contributed by atoms with van der Waals surface area (Å²) in [5.41, 5.74) is 3.74. The van der Waals surface area contributed by atoms with Crippen LogP contribution in [0.25, 0.3) is 10.9 Å². The minimum Gasteiger partial charge on any atom is -0.483 e. The third-order valence-corrected chi connectivity index (χ3v) is 7.24. The smallest absolute Gasteiger partial charge is 0.150 e. The van der Waals surface area contributed by atoms with Gasteiger partial charge in [0.05, 0.1) is 24.4 Å². The second kappa shape index (κ2) is 12.9. The van der Waals surface area contributed by atoms with E-state index in [0.717, 1.165) is 42.1 Å². The van der Waals surface area contributed by atoms with Crippen molar-refractivity contribution in [2.75, 3.05) is 18.5 Å². The van der Waals surface area contributed by atoms with E-state index in [2.05, 4.69) is 62.0 Å². The summed E-state index contributed by atoms with van der Waals surface area (Å²) in [6, 6.07) is 8.57. The number of nitrogens with zero attached hydrogens (tertiary/aromatic N) is 2. The average molecular weight is 550 g/mol. The molecule has 4 atom stereocenters. The standard InChI is InChI=1S/C32H40FN3O4/c1-6-7-22-13-23(20(2)12-21(10-11-37)16-32(3,4)5)14-26-30(22)31(35-19-34-26)36-25-9-8-24(33)15-28(25)40-29-18-39-17-27(29)38/h8-10,13-15,19-21,27,29,38H,6-7,12,16-18H2,1-5H3,(H,34,35,36)/t20?,21-,27-,29+/m1/s1. The van der Waals surface area contributed by atoms with Gasteiger partial charge in [-0.05, 0) is 65.8 Å². The number of nitrogens with one attached hydrogen (secondary N) is 1. The number of aliphatic hydroxyl groups excluding tert-OH is 1. The Bertz CT molecular complexity index is 1370. The van der Waals surface area contributed by atoms with Crippen molar-refractivity contribution in [1.82, 2.24) is 9.97 Å². The van der Waals surface area contributed by atoms with E-state index >= 15 is 0 Å². The van der Waals surface area contributed by atoms with Gasteiger partial charge in [-0.2, -0.15) is 0 Å². The van der Waals surface area contributed by atoms with E-state index in [9.17, 15) is 14.3 Å². The maximum atomic E-state index is 14.2. The molecule has 2 N–H and O–H groups in total. The number of ether oxygens (including phenoxy) is 2. The predicted octanol–water partition coefficient (Wildman–Crippen LogP) is 6.54. The van der Waals surface area contributed by atoms with Crippen LogP contribution in [0.1, 0.15) is 70.9 Å². The fourth-order valence-electron chi connectivity index (χ4n) is 5.45. The number of aliphatic hydroxyl groups is 1. The van der Waals surface area contributed by atoms with Gasteiger partial charge in [0.2, 0.25) is 0 Å². The molecular formula is C32H40FN3O4. The Morgan fingerprint density at radius 3 is 2.73 bits per heavy atom. The van der Waals surface area contributed by atoms with Gasteiger partial charge < -0.3 is 19.9 Å². The van der Waals surface area contributed by atoms with Crippen LogP contribution < -0.4 is 10.1 Å². The summed E-state index contributed by atoms with van der Waals surface area (Å²) in [6.07, 6.45) is 5.34. The lowest BCUT2D eigenvalue weighted by atomic mass is 9.79. The van der Waals surface area contributed by atoms with Crippen molar-refractivity contribution >= 4 is 28.3 Å². The first-order valence-corrected chi connectivity index (χ1v) is 14.1. The summed E-state index contributed by atoms with van der Waals surface area (Å²) >= 11 is 0. The van der Waals surface area contributed by atoms with Crippen molar-refractivity contribution in [3.8, 4) is 5.75 Å². The second-order valence-corrected chi connectivity index (χ2v) is 12.0. The molecule has 3 aromatic rings. The molecule has 214 valence electrons. The van der Waals surface area contributed by atoms with Crippen molar-refractivity contribution in [1.29, 1.82) is 0 Å². The lowest BCUT2D eigenvalue weighted by molar-refractivity contribution is 0.0736. The molecule has 8 heteroatoms. The third-order valence-electron chi connectivity index (χ3n) is 7.24. The van der Waals surface area contributed by atoms with Crippen molar-refractivity contribution < 1.29 is 23.8 Å². The molecule has 0 radical (unpaired) electrons. The monoisotopic (exact) mass is 549 g/mol. The van der Waals surface area contributed by atoms with Gasteiger partial charge in [0, 0.05) is 17.5 Å². The molecule has 7 nitrogen and oxygen atoms in total. The Morgan fingerprint density at radius 1 is 1.25 bits per heavy atom. The van der Waals surface area contributed by atoms with Crippen LogP contribution in [0.3, 0.4) is 0 Å². The molecule has 0 amide bonds. The van der Waals surface area contributed by atoms with Crippen molar-refractivity contribution in [2.24, 2.45) is 11.3 Å². The Balaban J connectivity index is 1.68. The van der Waals surface area contributed by atoms with Crippen LogP contribution >= 0.6 is 0 Å². The summed E-state index contributed by atoms with van der Waals surface area (Å²) in [5.74, 6) is 2.79. The normalized spacial score (nSPS) is 18.8. The number of anilines is 2. The first kappa shape index (κ1) is 29.7. The lowest BCUT2D eigenvalue weighted by Gasteiger charge is -2.26. The maximum absolute atomic E-state index is 14.2. The van der Waals surface area contributed by atoms with Crippen molar-refractivity contribution in [2.45, 2.75) is 78.4 Å². The summed E-state index contributed by atoms with van der Waals surface area (Å²) in [7, 11) is 0. The fraction of sp³-hybridized carbons (Fsp3) is 0.500. The predicted molar refractivity (Wildman–Crippen MR) is 155 cm³/mol. The lowest BCUT2D eigenvalue weighted by Crippen LogP contribution is -2.30. The van der Waals surface area contributed by atoms with Crippen LogP contribution in [-0.2, 0) is 16.0 Å². The van der Waals surface area contributed by atoms with Gasteiger partial charge >= 0.3 is 0 Å². The molecule has 1 aromatic heterocycles. The molecule has 0 bridgehead atoms. The molecule has 1 saturated heterocycles. The molecule has 40 heavy (non-hydrogen) atoms. The van der Waals surface area contributed by atoms with Crippen LogP contribution in [0.2, 0.25) is 0 Å². The topological polar surface area (TPSA) is 93.6 Å². The van der Waals surface area contributed by atoms with Crippen molar-refractivity contribution in [3.05, 3.63) is 59.7 Å². The number of allylic oxidation sites excluding steroid dienone is 1. The number of hydrogen-bond donors (Lipinski definition) is 2. The zero-order valence-corrected chi connectivity index (χ0v) is 24.0. The van der Waals surface area contributed by atoms with Gasteiger partial charge in [0.15, 0.2) is 6.10 Å². The van der Waals surface area contributed by atoms with Crippen LogP contribution in [0, 0.1) is 17.2 Å². The molecule has 0 spiro atoms. The molecule has 0 saturated carbocycles. The highest BCUT2D eigenvalue weighted by atomic mass is 19.1. The number of benzene rings is 2. The van der Waals surface area contributed by atoms with E-state index in [1.54, 1.807) is 12.1 Å². The van der Waals surface area contributed by atoms with Crippen LogP contribution in [-0.4, -0.2) is 46.4 Å². The van der Waals surface area contributed by atoms with E-state index in [-0.39, 0.29) is 36.2 Å². The van der Waals surface area contributed by atoms with Crippen LogP contribution in [0.5, 0.6) is 5.75 Å². The molecule has 2 aromatic carbocycles. The highest BCUT2D eigenvalue weighted by molar-refractivity contribution is 5.94. The molecule has 1 unspecified atom stereocenters. The first-order chi connectivity index (χ1) is 19.1. The van der Waals surface area contributed by atoms with Gasteiger partial charge in [-0.1, -0.05) is 47.1 Å². The second-order valence-electron chi connectivity index (χ2n) is 12.0. The Kier molecular flexibility index (Phi) is 9.56. The van der Waals surface area contributed by atoms with Crippen LogP contribution in [0.4, 0.5) is 15.9 Å². The number of halogens is 1. The maximum Gasteiger partial charge on any atom is 0.150 e. The summed E-state index contributed by atoms with van der Waals surface area (Å²) in [5, 5.41) is 14.4. The summed E-state index contributed by atoms with van der Waals surface area (Å²) < 4.78 is 25.4. The van der Waals surface area contributed by atoms with Crippen LogP contribution in [0.15, 0.2) is 42.7 Å². The van der Waals surface area contributed by atoms with E-state index in [1.807, 2.05) is 5.94 Å². The third kappa shape index (κ3) is 7.45. The summed E-state index contributed by atoms with van der Waals surface area (Å²) in [4.78, 5) is 20.4. The Labute approximate surface area is 235 Å². The molecular weight excluding hydrogens is 509 g/mol. The van der Waals surface area contributed by atoms with Gasteiger partial charge in [0.1, 0.15) is 35.8 Å². The molecule has 0 aliphatic carbocycles. The molecule has 4 rings (SSSR count). The molecule has 1 aliphatic heterocycles. The largest absolute Gasteiger partial charge is 0.483 e. The zero-order chi connectivity index (χ0) is 28.9. The first-order valence-electron chi connectivity index (χ1n) is 14.1. The van der Waals surface area contributed by atoms with Crippen molar-refractivity contribution in [3.63, 3.8) is 0 Å². The number of aromatic nitrogens is 2. The molecule has 2 heterocycles. The molecule has 1 fully saturated rings. The average Bonchev–Trinajstić information content (AvgIpc) is 3.29. The molecule has 1 aliphatic rings. The summed E-state index contributed by atoms with van der Waals surface area (Å²) in [6.45, 7) is 11.3. The van der Waals surface area contributed by atoms with E-state index in [1.165, 1.54) is 24.0 Å². The van der Waals surface area contributed by atoms with Gasteiger partial charge in [0.25, 0.3) is 0 Å². The number of aryl methyl sites for hydroxylation is 1. The fourth-order valence-corrected chi connectivity index (χ4v) is 5.45. The Morgan fingerprint density at radius 2 is 2.05 bits per heavy atom. The number of fused-ring (bicyclic) bond motifs is 1. The number of rotatable bonds is 11.